The van der Waals surface area contributed by atoms with Crippen LogP contribution in [0.2, 0.25) is 0 Å². The van der Waals surface area contributed by atoms with Crippen LogP contribution in [0, 0.1) is 39.9 Å². The molecule has 2 aromatic rings. The Labute approximate surface area is 180 Å². The minimum Gasteiger partial charge on any atom is -0.334 e. The van der Waals surface area contributed by atoms with Crippen molar-refractivity contribution in [2.75, 3.05) is 6.54 Å². The van der Waals surface area contributed by atoms with Crippen LogP contribution in [-0.2, 0) is 4.79 Å². The van der Waals surface area contributed by atoms with Crippen LogP contribution < -0.4 is 0 Å². The molecule has 1 heterocycles. The number of likely N-dealkylation sites (tertiary alicyclic amines) is 1. The molecule has 7 atom stereocenters. The highest BCUT2D eigenvalue weighted by Gasteiger charge is 2.74. The SMILES string of the molecule is CC1(C)C(=O)N(C[C@H]2C3CC4C[C@@]5(C)CC2CC45C3)C1c1cccc2ccccc12. The second-order valence-corrected chi connectivity index (χ2v) is 12.3. The Bertz CT molecular complexity index is 1080. The van der Waals surface area contributed by atoms with E-state index in [2.05, 4.69) is 68.1 Å². The van der Waals surface area contributed by atoms with Gasteiger partial charge in [0.25, 0.3) is 0 Å². The van der Waals surface area contributed by atoms with Gasteiger partial charge in [-0.1, -0.05) is 49.4 Å². The van der Waals surface area contributed by atoms with Gasteiger partial charge in [-0.3, -0.25) is 4.79 Å². The number of amides is 1. The molecule has 1 saturated heterocycles. The summed E-state index contributed by atoms with van der Waals surface area (Å²) in [5.41, 5.74) is 2.36. The van der Waals surface area contributed by atoms with E-state index in [0.29, 0.717) is 16.7 Å². The minimum absolute atomic E-state index is 0.204. The molecule has 30 heavy (non-hydrogen) atoms. The molecule has 1 spiro atoms. The van der Waals surface area contributed by atoms with Crippen molar-refractivity contribution < 1.29 is 4.79 Å². The van der Waals surface area contributed by atoms with Crippen molar-refractivity contribution in [3.63, 3.8) is 0 Å². The lowest BCUT2D eigenvalue weighted by Crippen LogP contribution is -2.62. The second-order valence-electron chi connectivity index (χ2n) is 12.3. The summed E-state index contributed by atoms with van der Waals surface area (Å²) in [6.07, 6.45) is 7.27. The quantitative estimate of drug-likeness (QED) is 0.562. The first-order chi connectivity index (χ1) is 14.3. The maximum absolute atomic E-state index is 13.3. The maximum atomic E-state index is 13.3. The lowest BCUT2D eigenvalue weighted by atomic mass is 9.47. The standard InChI is InChI=1S/C28H33NO/c1-26(2)24(22-10-6-8-17-7-4-5-9-21(17)22)29(25(26)30)16-23-18-11-20-15-27(3)12-19(23)14-28(20,27)13-18/h4-10,18-20,23-24H,11-16H2,1-3H3/t18?,19?,20?,23-,24?,27+,28?/m0/s1. The lowest BCUT2D eigenvalue weighted by molar-refractivity contribution is -0.171. The minimum atomic E-state index is -0.304. The first-order valence-corrected chi connectivity index (χ1v) is 12.1. The van der Waals surface area contributed by atoms with Crippen molar-refractivity contribution in [2.24, 2.45) is 39.9 Å². The summed E-state index contributed by atoms with van der Waals surface area (Å²) < 4.78 is 0. The summed E-state index contributed by atoms with van der Waals surface area (Å²) >= 11 is 0. The van der Waals surface area contributed by atoms with Crippen LogP contribution >= 0.6 is 0 Å². The zero-order valence-corrected chi connectivity index (χ0v) is 18.5. The Kier molecular flexibility index (Phi) is 3.16. The molecule has 0 radical (unpaired) electrons. The number of benzene rings is 2. The Hall–Kier alpha value is -1.83. The fourth-order valence-electron chi connectivity index (χ4n) is 9.55. The maximum Gasteiger partial charge on any atom is 0.231 e. The first kappa shape index (κ1) is 17.8. The number of fused-ring (bicyclic) bond motifs is 3. The summed E-state index contributed by atoms with van der Waals surface area (Å²) in [5, 5.41) is 2.60. The van der Waals surface area contributed by atoms with Gasteiger partial charge in [-0.15, -0.1) is 0 Å². The summed E-state index contributed by atoms with van der Waals surface area (Å²) in [4.78, 5) is 15.6. The van der Waals surface area contributed by atoms with Crippen LogP contribution in [0.3, 0.4) is 0 Å². The summed E-state index contributed by atoms with van der Waals surface area (Å²) in [5.74, 6) is 3.81. The van der Waals surface area contributed by atoms with E-state index in [0.717, 1.165) is 30.2 Å². The fraction of sp³-hybridized carbons (Fsp3) is 0.607. The molecule has 0 aromatic heterocycles. The van der Waals surface area contributed by atoms with Crippen LogP contribution in [0.1, 0.15) is 64.5 Å². The summed E-state index contributed by atoms with van der Waals surface area (Å²) in [6, 6.07) is 15.5. The topological polar surface area (TPSA) is 20.3 Å². The molecule has 5 unspecified atom stereocenters. The number of hydrogen-bond donors (Lipinski definition) is 0. The third-order valence-electron chi connectivity index (χ3n) is 10.8. The van der Waals surface area contributed by atoms with Gasteiger partial charge in [0.2, 0.25) is 5.91 Å². The largest absolute Gasteiger partial charge is 0.334 e. The Balaban J connectivity index is 1.24. The van der Waals surface area contributed by atoms with Crippen molar-refractivity contribution in [2.45, 2.75) is 58.9 Å². The molecule has 2 nitrogen and oxygen atoms in total. The molecule has 3 bridgehead atoms. The van der Waals surface area contributed by atoms with Crippen molar-refractivity contribution in [3.8, 4) is 0 Å². The molecule has 2 aromatic carbocycles. The molecule has 156 valence electrons. The fourth-order valence-corrected chi connectivity index (χ4v) is 9.55. The number of nitrogens with zero attached hydrogens (tertiary/aromatic N) is 1. The molecule has 4 aliphatic carbocycles. The van der Waals surface area contributed by atoms with Crippen molar-refractivity contribution >= 4 is 16.7 Å². The monoisotopic (exact) mass is 399 g/mol. The van der Waals surface area contributed by atoms with Gasteiger partial charge in [0.05, 0.1) is 11.5 Å². The first-order valence-electron chi connectivity index (χ1n) is 12.1. The van der Waals surface area contributed by atoms with Gasteiger partial charge < -0.3 is 4.90 Å². The molecule has 5 aliphatic rings. The number of carbonyl (C=O) groups is 1. The van der Waals surface area contributed by atoms with Crippen molar-refractivity contribution in [1.29, 1.82) is 0 Å². The molecule has 2 heteroatoms. The third-order valence-corrected chi connectivity index (χ3v) is 10.8. The molecule has 4 saturated carbocycles. The molecular formula is C28H33NO. The molecule has 7 rings (SSSR count). The average Bonchev–Trinajstić information content (AvgIpc) is 3.09. The number of hydrogen-bond acceptors (Lipinski definition) is 1. The van der Waals surface area contributed by atoms with Gasteiger partial charge in [0, 0.05) is 6.54 Å². The van der Waals surface area contributed by atoms with Crippen LogP contribution in [0.15, 0.2) is 42.5 Å². The van der Waals surface area contributed by atoms with Gasteiger partial charge >= 0.3 is 0 Å². The summed E-state index contributed by atoms with van der Waals surface area (Å²) in [7, 11) is 0. The molecule has 1 aliphatic heterocycles. The average molecular weight is 400 g/mol. The van der Waals surface area contributed by atoms with Gasteiger partial charge in [0.15, 0.2) is 0 Å². The van der Waals surface area contributed by atoms with E-state index in [9.17, 15) is 4.79 Å². The Morgan fingerprint density at radius 2 is 1.70 bits per heavy atom. The van der Waals surface area contributed by atoms with Crippen LogP contribution in [-0.4, -0.2) is 17.4 Å². The van der Waals surface area contributed by atoms with Crippen LogP contribution in [0.5, 0.6) is 0 Å². The highest BCUT2D eigenvalue weighted by atomic mass is 16.2. The van der Waals surface area contributed by atoms with Gasteiger partial charge in [-0.25, -0.2) is 0 Å². The van der Waals surface area contributed by atoms with E-state index in [1.807, 2.05) is 0 Å². The highest BCUT2D eigenvalue weighted by Crippen LogP contribution is 2.82. The molecule has 1 amide bonds. The second kappa shape index (κ2) is 5.31. The van der Waals surface area contributed by atoms with Crippen LogP contribution in [0.25, 0.3) is 10.8 Å². The van der Waals surface area contributed by atoms with E-state index < -0.39 is 0 Å². The predicted octanol–water partition coefficient (Wildman–Crippen LogP) is 6.21. The van der Waals surface area contributed by atoms with Crippen LogP contribution in [0.4, 0.5) is 0 Å². The van der Waals surface area contributed by atoms with E-state index in [1.54, 1.807) is 0 Å². The number of carbonyl (C=O) groups excluding carboxylic acids is 1. The molecule has 0 N–H and O–H groups in total. The van der Waals surface area contributed by atoms with E-state index >= 15 is 0 Å². The third kappa shape index (κ3) is 1.87. The lowest BCUT2D eigenvalue weighted by Gasteiger charge is -2.57. The van der Waals surface area contributed by atoms with E-state index in [-0.39, 0.29) is 11.5 Å². The van der Waals surface area contributed by atoms with E-state index in [4.69, 9.17) is 0 Å². The number of β-lactam (4-membered cyclic amide) rings is 1. The van der Waals surface area contributed by atoms with Crippen molar-refractivity contribution in [3.05, 3.63) is 48.0 Å². The highest BCUT2D eigenvalue weighted by molar-refractivity contribution is 5.94. The van der Waals surface area contributed by atoms with Crippen molar-refractivity contribution in [1.82, 2.24) is 4.90 Å². The zero-order chi connectivity index (χ0) is 20.5. The summed E-state index contributed by atoms with van der Waals surface area (Å²) in [6.45, 7) is 7.90. The zero-order valence-electron chi connectivity index (χ0n) is 18.5. The van der Waals surface area contributed by atoms with Gasteiger partial charge in [-0.05, 0) is 96.8 Å². The molecular weight excluding hydrogens is 366 g/mol. The number of rotatable bonds is 3. The van der Waals surface area contributed by atoms with Gasteiger partial charge in [-0.2, -0.15) is 0 Å². The van der Waals surface area contributed by atoms with E-state index in [1.165, 1.54) is 48.4 Å². The predicted molar refractivity (Wildman–Crippen MR) is 120 cm³/mol. The Morgan fingerprint density at radius 3 is 2.57 bits per heavy atom. The van der Waals surface area contributed by atoms with Gasteiger partial charge in [0.1, 0.15) is 0 Å². The molecule has 5 fully saturated rings. The smallest absolute Gasteiger partial charge is 0.231 e. The Morgan fingerprint density at radius 1 is 0.933 bits per heavy atom. The normalized spacial score (nSPS) is 44.8.